The summed E-state index contributed by atoms with van der Waals surface area (Å²) >= 11 is 0. The van der Waals surface area contributed by atoms with E-state index in [4.69, 9.17) is 15.0 Å². The lowest BCUT2D eigenvalue weighted by atomic mass is 10.1. The van der Waals surface area contributed by atoms with Crippen molar-refractivity contribution in [2.45, 2.75) is 0 Å². The number of fused-ring (bicyclic) bond motifs is 7. The largest absolute Gasteiger partial charge is 0.274 e. The van der Waals surface area contributed by atoms with Gasteiger partial charge < -0.3 is 0 Å². The quantitative estimate of drug-likeness (QED) is 0.220. The van der Waals surface area contributed by atoms with E-state index in [-0.39, 0.29) is 0 Å². The fourth-order valence-electron chi connectivity index (χ4n) is 6.18. The number of nitrogens with zero attached hydrogens (tertiary/aromatic N) is 6. The van der Waals surface area contributed by atoms with Crippen LogP contribution in [-0.2, 0) is 0 Å². The van der Waals surface area contributed by atoms with E-state index < -0.39 is 0 Å². The van der Waals surface area contributed by atoms with E-state index in [9.17, 15) is 0 Å². The summed E-state index contributed by atoms with van der Waals surface area (Å²) in [5, 5.41) is 1.11. The summed E-state index contributed by atoms with van der Waals surface area (Å²) in [6.45, 7) is 0. The van der Waals surface area contributed by atoms with Crippen molar-refractivity contribution in [1.29, 1.82) is 0 Å². The number of hydrogen-bond acceptors (Lipinski definition) is 3. The van der Waals surface area contributed by atoms with Crippen LogP contribution in [0.5, 0.6) is 0 Å². The van der Waals surface area contributed by atoms with Crippen LogP contribution in [0.2, 0.25) is 0 Å². The third-order valence-electron chi connectivity index (χ3n) is 8.07. The molecule has 0 unspecified atom stereocenters. The van der Waals surface area contributed by atoms with Crippen LogP contribution in [0.25, 0.3) is 73.0 Å². The van der Waals surface area contributed by atoms with Gasteiger partial charge in [-0.1, -0.05) is 109 Å². The highest BCUT2D eigenvalue weighted by molar-refractivity contribution is 6.10. The Morgan fingerprint density at radius 2 is 1.02 bits per heavy atom. The molecule has 0 aliphatic rings. The van der Waals surface area contributed by atoms with Gasteiger partial charge in [0.25, 0.3) is 0 Å². The highest BCUT2D eigenvalue weighted by Gasteiger charge is 2.26. The van der Waals surface area contributed by atoms with Gasteiger partial charge in [0.1, 0.15) is 5.52 Å². The lowest BCUT2D eigenvalue weighted by Gasteiger charge is -2.13. The van der Waals surface area contributed by atoms with Gasteiger partial charge in [-0.25, -0.2) is 15.0 Å². The maximum absolute atomic E-state index is 5.23. The van der Waals surface area contributed by atoms with Crippen molar-refractivity contribution in [3.8, 4) is 34.2 Å². The fraction of sp³-hybridized carbons (Fsp3) is 0. The molecule has 0 spiro atoms. The van der Waals surface area contributed by atoms with E-state index in [1.807, 2.05) is 48.5 Å². The standard InChI is InChI=1S/C37H24N6/c1-4-14-25(15-5-1)30-24-31(26-16-6-2-7-17-26)39-36(38-30)43-32-22-12-10-20-28(32)34-35(43)41(27-18-8-3-9-19-27)37-40-29-21-11-13-23-33(29)42(34)37/h1-24H. The molecule has 9 aromatic rings. The molecule has 43 heavy (non-hydrogen) atoms. The zero-order valence-electron chi connectivity index (χ0n) is 23.0. The van der Waals surface area contributed by atoms with Crippen LogP contribution in [0, 0.1) is 0 Å². The van der Waals surface area contributed by atoms with E-state index in [2.05, 4.69) is 111 Å². The molecule has 6 nitrogen and oxygen atoms in total. The van der Waals surface area contributed by atoms with E-state index >= 15 is 0 Å². The molecule has 0 saturated heterocycles. The first kappa shape index (κ1) is 23.7. The molecule has 0 bridgehead atoms. The Morgan fingerprint density at radius 3 is 1.70 bits per heavy atom. The van der Waals surface area contributed by atoms with Crippen molar-refractivity contribution in [2.24, 2.45) is 0 Å². The van der Waals surface area contributed by atoms with E-state index in [0.29, 0.717) is 5.95 Å². The summed E-state index contributed by atoms with van der Waals surface area (Å²) in [6, 6.07) is 49.9. The second kappa shape index (κ2) is 9.26. The topological polar surface area (TPSA) is 52.9 Å². The molecular formula is C37H24N6. The Morgan fingerprint density at radius 1 is 0.465 bits per heavy atom. The van der Waals surface area contributed by atoms with Crippen LogP contribution in [0.15, 0.2) is 146 Å². The molecule has 6 heteroatoms. The van der Waals surface area contributed by atoms with Crippen LogP contribution in [0.3, 0.4) is 0 Å². The number of hydrogen-bond donors (Lipinski definition) is 0. The SMILES string of the molecule is c1ccc(-c2cc(-c3ccccc3)nc(-n3c4ccccc4c4c3n(-c3ccccc3)c3nc5ccccc5n43)n2)cc1. The molecule has 202 valence electrons. The average Bonchev–Trinajstić information content (AvgIpc) is 3.72. The number of para-hydroxylation sites is 4. The molecule has 0 N–H and O–H groups in total. The minimum Gasteiger partial charge on any atom is -0.274 e. The Hall–Kier alpha value is -6.01. The molecule has 4 aromatic heterocycles. The second-order valence-corrected chi connectivity index (χ2v) is 10.6. The van der Waals surface area contributed by atoms with Crippen molar-refractivity contribution in [2.75, 3.05) is 0 Å². The van der Waals surface area contributed by atoms with Gasteiger partial charge in [-0.3, -0.25) is 13.5 Å². The van der Waals surface area contributed by atoms with E-state index in [1.54, 1.807) is 0 Å². The third-order valence-corrected chi connectivity index (χ3v) is 8.07. The molecule has 0 aliphatic carbocycles. The second-order valence-electron chi connectivity index (χ2n) is 10.6. The predicted octanol–water partition coefficient (Wildman–Crippen LogP) is 8.50. The van der Waals surface area contributed by atoms with Crippen LogP contribution < -0.4 is 0 Å². The first-order chi connectivity index (χ1) is 21.3. The molecular weight excluding hydrogens is 528 g/mol. The molecule has 0 amide bonds. The number of benzene rings is 5. The first-order valence-electron chi connectivity index (χ1n) is 14.3. The van der Waals surface area contributed by atoms with Gasteiger partial charge in [0.2, 0.25) is 11.7 Å². The van der Waals surface area contributed by atoms with Crippen LogP contribution in [0.1, 0.15) is 0 Å². The van der Waals surface area contributed by atoms with Gasteiger partial charge in [0.05, 0.1) is 33.6 Å². The van der Waals surface area contributed by atoms with Crippen LogP contribution in [0.4, 0.5) is 0 Å². The van der Waals surface area contributed by atoms with Crippen molar-refractivity contribution in [3.63, 3.8) is 0 Å². The zero-order valence-corrected chi connectivity index (χ0v) is 23.0. The molecule has 9 rings (SSSR count). The zero-order chi connectivity index (χ0) is 28.3. The lowest BCUT2D eigenvalue weighted by Crippen LogP contribution is -2.07. The molecule has 0 atom stereocenters. The highest BCUT2D eigenvalue weighted by Crippen LogP contribution is 2.38. The summed E-state index contributed by atoms with van der Waals surface area (Å²) in [4.78, 5) is 15.6. The van der Waals surface area contributed by atoms with E-state index in [0.717, 1.165) is 67.1 Å². The average molecular weight is 553 g/mol. The monoisotopic (exact) mass is 552 g/mol. The Kier molecular flexibility index (Phi) is 5.10. The normalized spacial score (nSPS) is 11.7. The van der Waals surface area contributed by atoms with Crippen LogP contribution in [-0.4, -0.2) is 28.5 Å². The Bertz CT molecular complexity index is 2380. The molecule has 0 fully saturated rings. The summed E-state index contributed by atoms with van der Waals surface area (Å²) in [5.41, 5.74) is 9.89. The lowest BCUT2D eigenvalue weighted by molar-refractivity contribution is 0.959. The van der Waals surface area contributed by atoms with Crippen LogP contribution >= 0.6 is 0 Å². The van der Waals surface area contributed by atoms with Crippen molar-refractivity contribution < 1.29 is 0 Å². The highest BCUT2D eigenvalue weighted by atomic mass is 15.3. The van der Waals surface area contributed by atoms with E-state index in [1.165, 1.54) is 0 Å². The van der Waals surface area contributed by atoms with Gasteiger partial charge in [0.15, 0.2) is 5.65 Å². The number of imidazole rings is 2. The molecule has 5 aromatic carbocycles. The minimum atomic E-state index is 0.605. The smallest absolute Gasteiger partial charge is 0.237 e. The van der Waals surface area contributed by atoms with Crippen molar-refractivity contribution >= 4 is 38.9 Å². The summed E-state index contributed by atoms with van der Waals surface area (Å²) in [7, 11) is 0. The van der Waals surface area contributed by atoms with Gasteiger partial charge in [-0.2, -0.15) is 0 Å². The predicted molar refractivity (Wildman–Crippen MR) is 173 cm³/mol. The maximum Gasteiger partial charge on any atom is 0.237 e. The summed E-state index contributed by atoms with van der Waals surface area (Å²) in [6.07, 6.45) is 0. The molecule has 0 aliphatic heterocycles. The Balaban J connectivity index is 1.47. The van der Waals surface area contributed by atoms with Gasteiger partial charge in [-0.05, 0) is 36.4 Å². The molecule has 0 saturated carbocycles. The fourth-order valence-corrected chi connectivity index (χ4v) is 6.18. The summed E-state index contributed by atoms with van der Waals surface area (Å²) < 4.78 is 6.70. The minimum absolute atomic E-state index is 0.605. The van der Waals surface area contributed by atoms with Crippen molar-refractivity contribution in [1.82, 2.24) is 28.5 Å². The van der Waals surface area contributed by atoms with Gasteiger partial charge in [0, 0.05) is 16.5 Å². The van der Waals surface area contributed by atoms with Gasteiger partial charge in [-0.15, -0.1) is 0 Å². The number of aromatic nitrogens is 6. The molecule has 4 heterocycles. The van der Waals surface area contributed by atoms with Gasteiger partial charge >= 0.3 is 0 Å². The first-order valence-corrected chi connectivity index (χ1v) is 14.3. The maximum atomic E-state index is 5.23. The molecule has 0 radical (unpaired) electrons. The third kappa shape index (κ3) is 3.57. The number of rotatable bonds is 4. The van der Waals surface area contributed by atoms with Crippen molar-refractivity contribution in [3.05, 3.63) is 146 Å². The summed E-state index contributed by atoms with van der Waals surface area (Å²) in [5.74, 6) is 1.45. The Labute approximate surface area is 246 Å².